The van der Waals surface area contributed by atoms with Crippen LogP contribution < -0.4 is 26.2 Å². The van der Waals surface area contributed by atoms with Crippen LogP contribution in [0.3, 0.4) is 0 Å². The second kappa shape index (κ2) is 10.4. The Hall–Kier alpha value is -3.52. The molecule has 0 unspecified atom stereocenters. The van der Waals surface area contributed by atoms with Crippen molar-refractivity contribution in [2.75, 3.05) is 30.4 Å². The molecule has 0 atom stereocenters. The van der Waals surface area contributed by atoms with Crippen molar-refractivity contribution in [1.82, 2.24) is 9.13 Å². The maximum Gasteiger partial charge on any atom is 0.335 e. The highest BCUT2D eigenvalue weighted by molar-refractivity contribution is 6.32. The standard InChI is InChI=1S/C26H29ClN4O4/c1-4-30-25(33)23(17(2)31(26(30)34)20-8-6-5-7-9-20)29-14-12-18(13-15-29)24(32)28-19-10-11-22(35-3)21(27)16-19/h5-11,16,18H,4,12-15H2,1-3H3,(H,28,32). The van der Waals surface area contributed by atoms with Gasteiger partial charge in [0.2, 0.25) is 5.91 Å². The largest absolute Gasteiger partial charge is 0.495 e. The summed E-state index contributed by atoms with van der Waals surface area (Å²) in [4.78, 5) is 41.2. The number of ether oxygens (including phenoxy) is 1. The number of carbonyl (C=O) groups is 1. The summed E-state index contributed by atoms with van der Waals surface area (Å²) in [6.07, 6.45) is 1.18. The van der Waals surface area contributed by atoms with Gasteiger partial charge in [-0.15, -0.1) is 0 Å². The molecule has 1 aromatic heterocycles. The lowest BCUT2D eigenvalue weighted by Gasteiger charge is -2.34. The van der Waals surface area contributed by atoms with E-state index < -0.39 is 0 Å². The highest BCUT2D eigenvalue weighted by Crippen LogP contribution is 2.29. The van der Waals surface area contributed by atoms with Crippen LogP contribution in [0.15, 0.2) is 58.1 Å². The summed E-state index contributed by atoms with van der Waals surface area (Å²) in [6, 6.07) is 14.4. The van der Waals surface area contributed by atoms with E-state index in [9.17, 15) is 14.4 Å². The quantitative estimate of drug-likeness (QED) is 0.560. The topological polar surface area (TPSA) is 85.6 Å². The molecule has 0 aliphatic carbocycles. The average molecular weight is 497 g/mol. The summed E-state index contributed by atoms with van der Waals surface area (Å²) < 4.78 is 8.01. The van der Waals surface area contributed by atoms with Gasteiger partial charge in [-0.3, -0.25) is 18.7 Å². The number of hydrogen-bond donors (Lipinski definition) is 1. The minimum atomic E-state index is -0.350. The molecule has 1 fully saturated rings. The first-order valence-electron chi connectivity index (χ1n) is 11.7. The third-order valence-electron chi connectivity index (χ3n) is 6.48. The molecule has 8 nitrogen and oxygen atoms in total. The van der Waals surface area contributed by atoms with Gasteiger partial charge in [0, 0.05) is 31.2 Å². The van der Waals surface area contributed by atoms with Crippen LogP contribution in [-0.4, -0.2) is 35.2 Å². The predicted octanol–water partition coefficient (Wildman–Crippen LogP) is 3.84. The maximum absolute atomic E-state index is 13.3. The number of benzene rings is 2. The van der Waals surface area contributed by atoms with E-state index in [1.807, 2.05) is 35.2 Å². The van der Waals surface area contributed by atoms with Gasteiger partial charge in [-0.05, 0) is 57.0 Å². The van der Waals surface area contributed by atoms with Crippen LogP contribution in [0.2, 0.25) is 5.02 Å². The Morgan fingerprint density at radius 2 is 1.80 bits per heavy atom. The van der Waals surface area contributed by atoms with Crippen LogP contribution in [0.25, 0.3) is 5.69 Å². The lowest BCUT2D eigenvalue weighted by atomic mass is 9.95. The predicted molar refractivity (Wildman–Crippen MR) is 138 cm³/mol. The molecular weight excluding hydrogens is 468 g/mol. The first-order valence-corrected chi connectivity index (χ1v) is 12.0. The summed E-state index contributed by atoms with van der Waals surface area (Å²) >= 11 is 6.17. The number of rotatable bonds is 6. The number of methoxy groups -OCH3 is 1. The molecular formula is C26H29ClN4O4. The molecule has 1 aliphatic rings. The Morgan fingerprint density at radius 1 is 1.11 bits per heavy atom. The Morgan fingerprint density at radius 3 is 2.40 bits per heavy atom. The second-order valence-electron chi connectivity index (χ2n) is 8.54. The lowest BCUT2D eigenvalue weighted by molar-refractivity contribution is -0.120. The van der Waals surface area contributed by atoms with Crippen LogP contribution in [-0.2, 0) is 11.3 Å². The van der Waals surface area contributed by atoms with Gasteiger partial charge >= 0.3 is 5.69 Å². The number of para-hydroxylation sites is 1. The van der Waals surface area contributed by atoms with Crippen LogP contribution >= 0.6 is 11.6 Å². The molecule has 2 aromatic carbocycles. The van der Waals surface area contributed by atoms with Gasteiger partial charge < -0.3 is 15.0 Å². The maximum atomic E-state index is 13.3. The highest BCUT2D eigenvalue weighted by Gasteiger charge is 2.29. The van der Waals surface area contributed by atoms with Gasteiger partial charge in [0.15, 0.2) is 0 Å². The van der Waals surface area contributed by atoms with Crippen molar-refractivity contribution in [2.24, 2.45) is 5.92 Å². The summed E-state index contributed by atoms with van der Waals surface area (Å²) in [7, 11) is 1.54. The molecule has 2 heterocycles. The van der Waals surface area contributed by atoms with Gasteiger partial charge in [0.1, 0.15) is 11.4 Å². The summed E-state index contributed by atoms with van der Waals surface area (Å²) in [5.41, 5.74) is 1.80. The van der Waals surface area contributed by atoms with Crippen molar-refractivity contribution in [3.63, 3.8) is 0 Å². The molecule has 1 N–H and O–H groups in total. The monoisotopic (exact) mass is 496 g/mol. The number of piperidine rings is 1. The normalized spacial score (nSPS) is 14.1. The minimum Gasteiger partial charge on any atom is -0.495 e. The third-order valence-corrected chi connectivity index (χ3v) is 6.78. The number of hydrogen-bond acceptors (Lipinski definition) is 5. The number of nitrogens with zero attached hydrogens (tertiary/aromatic N) is 3. The summed E-state index contributed by atoms with van der Waals surface area (Å²) in [6.45, 7) is 4.94. The van der Waals surface area contributed by atoms with Crippen molar-refractivity contribution in [1.29, 1.82) is 0 Å². The molecule has 0 saturated carbocycles. The summed E-state index contributed by atoms with van der Waals surface area (Å²) in [5.74, 6) is 0.270. The fourth-order valence-corrected chi connectivity index (χ4v) is 4.88. The van der Waals surface area contributed by atoms with E-state index in [1.165, 1.54) is 11.7 Å². The minimum absolute atomic E-state index is 0.0807. The van der Waals surface area contributed by atoms with E-state index in [4.69, 9.17) is 16.3 Å². The first kappa shape index (κ1) is 24.6. The van der Waals surface area contributed by atoms with Gasteiger partial charge in [-0.1, -0.05) is 29.8 Å². The SMILES string of the molecule is CCn1c(=O)c(N2CCC(C(=O)Nc3ccc(OC)c(Cl)c3)CC2)c(C)n(-c2ccccc2)c1=O. The van der Waals surface area contributed by atoms with Crippen LogP contribution in [0.1, 0.15) is 25.5 Å². The zero-order chi connectivity index (χ0) is 25.1. The average Bonchev–Trinajstić information content (AvgIpc) is 2.85. The molecule has 9 heteroatoms. The van der Waals surface area contributed by atoms with Crippen LogP contribution in [0, 0.1) is 12.8 Å². The van der Waals surface area contributed by atoms with E-state index >= 15 is 0 Å². The highest BCUT2D eigenvalue weighted by atomic mass is 35.5. The number of amides is 1. The molecule has 1 saturated heterocycles. The van der Waals surface area contributed by atoms with Crippen molar-refractivity contribution in [3.05, 3.63) is 80.1 Å². The number of halogens is 1. The smallest absolute Gasteiger partial charge is 0.335 e. The number of carbonyl (C=O) groups excluding carboxylic acids is 1. The van der Waals surface area contributed by atoms with Gasteiger partial charge in [-0.2, -0.15) is 0 Å². The summed E-state index contributed by atoms with van der Waals surface area (Å²) in [5, 5.41) is 3.36. The third kappa shape index (κ3) is 4.84. The number of anilines is 2. The molecule has 0 spiro atoms. The van der Waals surface area contributed by atoms with E-state index in [0.29, 0.717) is 59.5 Å². The zero-order valence-corrected chi connectivity index (χ0v) is 20.8. The molecule has 1 aliphatic heterocycles. The number of aromatic nitrogens is 2. The molecule has 184 valence electrons. The number of nitrogens with one attached hydrogen (secondary N) is 1. The zero-order valence-electron chi connectivity index (χ0n) is 20.1. The molecule has 4 rings (SSSR count). The van der Waals surface area contributed by atoms with E-state index in [1.54, 1.807) is 36.6 Å². The van der Waals surface area contributed by atoms with Gasteiger partial charge in [-0.25, -0.2) is 4.79 Å². The van der Waals surface area contributed by atoms with Crippen LogP contribution in [0.4, 0.5) is 11.4 Å². The Kier molecular flexibility index (Phi) is 7.31. The van der Waals surface area contributed by atoms with Crippen molar-refractivity contribution in [2.45, 2.75) is 33.2 Å². The lowest BCUT2D eigenvalue weighted by Crippen LogP contribution is -2.46. The van der Waals surface area contributed by atoms with Crippen molar-refractivity contribution >= 4 is 28.9 Å². The van der Waals surface area contributed by atoms with Gasteiger partial charge in [0.05, 0.1) is 23.5 Å². The van der Waals surface area contributed by atoms with Crippen LogP contribution in [0.5, 0.6) is 5.75 Å². The van der Waals surface area contributed by atoms with E-state index in [2.05, 4.69) is 5.32 Å². The second-order valence-corrected chi connectivity index (χ2v) is 8.94. The molecule has 3 aromatic rings. The molecule has 0 bridgehead atoms. The van der Waals surface area contributed by atoms with E-state index in [-0.39, 0.29) is 29.6 Å². The molecule has 1 amide bonds. The van der Waals surface area contributed by atoms with Crippen molar-refractivity contribution in [3.8, 4) is 11.4 Å². The van der Waals surface area contributed by atoms with Crippen molar-refractivity contribution < 1.29 is 9.53 Å². The Balaban J connectivity index is 1.55. The first-order chi connectivity index (χ1) is 16.8. The molecule has 35 heavy (non-hydrogen) atoms. The fourth-order valence-electron chi connectivity index (χ4n) is 4.62. The fraction of sp³-hybridized carbons (Fsp3) is 0.346. The molecule has 0 radical (unpaired) electrons. The van der Waals surface area contributed by atoms with E-state index in [0.717, 1.165) is 0 Å². The Labute approximate surface area is 208 Å². The Bertz CT molecular complexity index is 1340. The van der Waals surface area contributed by atoms with Gasteiger partial charge in [0.25, 0.3) is 5.56 Å².